The van der Waals surface area contributed by atoms with Crippen molar-refractivity contribution >= 4 is 45.9 Å². The maximum atomic E-state index is 12.7. The molecule has 0 saturated heterocycles. The molecule has 11 aromatic rings. The number of ketones is 5. The van der Waals surface area contributed by atoms with E-state index in [1.165, 1.54) is 5.56 Å². The number of pyridine rings is 1. The van der Waals surface area contributed by atoms with E-state index in [0.717, 1.165) is 50.1 Å². The molecule has 18 heteroatoms. The zero-order chi connectivity index (χ0) is 60.9. The summed E-state index contributed by atoms with van der Waals surface area (Å²) in [5, 5.41) is 30.7. The number of hydrogen-bond acceptors (Lipinski definition) is 17. The van der Waals surface area contributed by atoms with Gasteiger partial charge in [0.15, 0.2) is 28.4 Å². The van der Waals surface area contributed by atoms with Gasteiger partial charge in [-0.3, -0.25) is 28.6 Å². The van der Waals surface area contributed by atoms with E-state index in [-0.39, 0.29) is 57.2 Å². The number of nitrogens with zero attached hydrogens (tertiary/aromatic N) is 7. The van der Waals surface area contributed by atoms with Gasteiger partial charge in [-0.05, 0) is 93.4 Å². The standard InChI is InChI=1S/C22H19N3O3.C18H14N2O4.C18H14N2O3.C9H10O/c1-4-27-22(26)20-17(15-9-5-13(2)6-10-15)19-21(25-28-24-19)18(23-20)16-11-7-14(3)8-12-16;1-11-3-7-13(8-4-11)17(21)15-16(20(23)24-19-15)18(22)14-9-5-12(2)6-10-14;1-11-3-7-13(8-4-11)17(21)15-16(20-23-19-15)18(22)14-9-5-12(2)6-10-14;1-7-3-5-9(6-4-7)8(2)10/h5-12H,4H2,1-3H3;3-10H,1-2H3;3-10H,1-2H3;3-6H,1-2H3. The van der Waals surface area contributed by atoms with Gasteiger partial charge in [0.1, 0.15) is 11.2 Å². The van der Waals surface area contributed by atoms with Crippen molar-refractivity contribution in [1.29, 1.82) is 0 Å². The maximum absolute atomic E-state index is 12.7. The average Bonchev–Trinajstić information content (AvgIpc) is 2.39. The number of ether oxygens (including phenoxy) is 1. The van der Waals surface area contributed by atoms with Gasteiger partial charge in [0.05, 0.1) is 11.8 Å². The highest BCUT2D eigenvalue weighted by Gasteiger charge is 2.33. The van der Waals surface area contributed by atoms with Gasteiger partial charge in [0, 0.05) is 38.9 Å². The number of hydrogen-bond donors (Lipinski definition) is 0. The second-order valence-electron chi connectivity index (χ2n) is 19.9. The zero-order valence-electron chi connectivity index (χ0n) is 48.0. The molecule has 4 heterocycles. The molecule has 4 aromatic heterocycles. The van der Waals surface area contributed by atoms with Gasteiger partial charge < -0.3 is 9.94 Å². The Morgan fingerprint density at radius 2 is 0.753 bits per heavy atom. The molecule has 0 unspecified atom stereocenters. The second-order valence-corrected chi connectivity index (χ2v) is 19.9. The molecular weight excluding hydrogens is 1080 g/mol. The lowest BCUT2D eigenvalue weighted by Gasteiger charge is -2.12. The fourth-order valence-electron chi connectivity index (χ4n) is 8.32. The molecule has 0 aliphatic heterocycles. The number of rotatable bonds is 13. The number of carbonyl (C=O) groups excluding carboxylic acids is 6. The van der Waals surface area contributed by atoms with Gasteiger partial charge in [-0.15, -0.1) is 0 Å². The Bertz CT molecular complexity index is 4120. The third kappa shape index (κ3) is 14.6. The fraction of sp³-hybridized carbons (Fsp3) is 0.149. The predicted octanol–water partition coefficient (Wildman–Crippen LogP) is 12.5. The molecule has 0 radical (unpaired) electrons. The molecule has 0 aliphatic rings. The van der Waals surface area contributed by atoms with E-state index in [4.69, 9.17) is 9.37 Å². The molecule has 0 spiro atoms. The lowest BCUT2D eigenvalue weighted by molar-refractivity contribution is -0.803. The number of benzene rings is 7. The van der Waals surface area contributed by atoms with Crippen LogP contribution < -0.4 is 4.90 Å². The number of Topliss-reactive ketones (excluding diaryl/α,β-unsaturated/α-hetero) is 1. The van der Waals surface area contributed by atoms with E-state index in [9.17, 15) is 34.0 Å². The molecule has 0 N–H and O–H groups in total. The Labute approximate surface area is 488 Å². The minimum atomic E-state index is -0.610. The van der Waals surface area contributed by atoms with Crippen molar-refractivity contribution in [3.63, 3.8) is 0 Å². The van der Waals surface area contributed by atoms with Crippen LogP contribution in [0.25, 0.3) is 33.4 Å². The summed E-state index contributed by atoms with van der Waals surface area (Å²) in [7, 11) is 0. The normalized spacial score (nSPS) is 10.6. The molecule has 85 heavy (non-hydrogen) atoms. The Morgan fingerprint density at radius 3 is 1.15 bits per heavy atom. The van der Waals surface area contributed by atoms with Crippen LogP contribution in [0.2, 0.25) is 0 Å². The molecule has 426 valence electrons. The van der Waals surface area contributed by atoms with Gasteiger partial charge in [-0.1, -0.05) is 209 Å². The molecule has 0 saturated carbocycles. The van der Waals surface area contributed by atoms with Crippen LogP contribution in [0.1, 0.15) is 138 Å². The van der Waals surface area contributed by atoms with Crippen LogP contribution in [-0.2, 0) is 4.74 Å². The van der Waals surface area contributed by atoms with Gasteiger partial charge in [-0.25, -0.2) is 19.0 Å². The maximum Gasteiger partial charge on any atom is 0.357 e. The topological polar surface area (TPSA) is 255 Å². The van der Waals surface area contributed by atoms with Crippen LogP contribution in [0, 0.1) is 53.7 Å². The van der Waals surface area contributed by atoms with Crippen molar-refractivity contribution in [2.24, 2.45) is 0 Å². The van der Waals surface area contributed by atoms with Crippen LogP contribution in [0.3, 0.4) is 0 Å². The third-order valence-electron chi connectivity index (χ3n) is 13.2. The van der Waals surface area contributed by atoms with Crippen molar-refractivity contribution < 1.29 is 52.3 Å². The first kappa shape index (κ1) is 60.1. The summed E-state index contributed by atoms with van der Waals surface area (Å²) in [6.45, 7) is 17.2. The molecule has 11 rings (SSSR count). The third-order valence-corrected chi connectivity index (χ3v) is 13.2. The van der Waals surface area contributed by atoms with Crippen LogP contribution in [0.15, 0.2) is 184 Å². The number of aromatic nitrogens is 7. The molecular formula is C67H57N7O11. The zero-order valence-corrected chi connectivity index (χ0v) is 48.0. The molecule has 18 nitrogen and oxygen atoms in total. The Balaban J connectivity index is 0.000000154. The molecule has 0 atom stereocenters. The van der Waals surface area contributed by atoms with Crippen molar-refractivity contribution in [3.8, 4) is 22.4 Å². The number of fused-ring (bicyclic) bond motifs is 1. The summed E-state index contributed by atoms with van der Waals surface area (Å²) >= 11 is 0. The quantitative estimate of drug-likeness (QED) is 0.0590. The summed E-state index contributed by atoms with van der Waals surface area (Å²) < 4.78 is 19.4. The number of esters is 1. The van der Waals surface area contributed by atoms with Crippen LogP contribution in [-0.4, -0.2) is 72.3 Å². The van der Waals surface area contributed by atoms with Crippen molar-refractivity contribution in [3.05, 3.63) is 270 Å². The summed E-state index contributed by atoms with van der Waals surface area (Å²) in [6, 6.07) is 50.7. The summed E-state index contributed by atoms with van der Waals surface area (Å²) in [6.07, 6.45) is 0. The second kappa shape index (κ2) is 27.2. The van der Waals surface area contributed by atoms with Crippen molar-refractivity contribution in [2.45, 2.75) is 62.3 Å². The first-order valence-electron chi connectivity index (χ1n) is 26.7. The van der Waals surface area contributed by atoms with Crippen LogP contribution >= 0.6 is 0 Å². The van der Waals surface area contributed by atoms with Crippen molar-refractivity contribution in [2.75, 3.05) is 6.61 Å². The molecule has 7 aromatic carbocycles. The van der Waals surface area contributed by atoms with Gasteiger partial charge in [0.25, 0.3) is 11.4 Å². The highest BCUT2D eigenvalue weighted by Crippen LogP contribution is 2.35. The van der Waals surface area contributed by atoms with Crippen LogP contribution in [0.4, 0.5) is 0 Å². The van der Waals surface area contributed by atoms with E-state index in [1.54, 1.807) is 86.6 Å². The minimum Gasteiger partial charge on any atom is -0.461 e. The molecule has 0 bridgehead atoms. The molecule has 0 fully saturated rings. The summed E-state index contributed by atoms with van der Waals surface area (Å²) in [4.78, 5) is 78.3. The minimum absolute atomic E-state index is 0.0242. The average molecular weight is 1140 g/mol. The highest BCUT2D eigenvalue weighted by molar-refractivity contribution is 6.18. The van der Waals surface area contributed by atoms with Gasteiger partial charge >= 0.3 is 5.97 Å². The number of carbonyl (C=O) groups is 6. The fourth-order valence-corrected chi connectivity index (χ4v) is 8.32. The highest BCUT2D eigenvalue weighted by atomic mass is 16.8. The Morgan fingerprint density at radius 1 is 0.412 bits per heavy atom. The monoisotopic (exact) mass is 1140 g/mol. The lowest BCUT2D eigenvalue weighted by Crippen LogP contribution is -2.32. The van der Waals surface area contributed by atoms with Gasteiger partial charge in [0.2, 0.25) is 23.1 Å². The van der Waals surface area contributed by atoms with E-state index in [0.29, 0.717) is 39.0 Å². The summed E-state index contributed by atoms with van der Waals surface area (Å²) in [5.74, 6) is -2.30. The van der Waals surface area contributed by atoms with E-state index >= 15 is 0 Å². The smallest absolute Gasteiger partial charge is 0.357 e. The van der Waals surface area contributed by atoms with E-state index < -0.39 is 23.2 Å². The van der Waals surface area contributed by atoms with E-state index in [1.807, 2.05) is 146 Å². The predicted molar refractivity (Wildman–Crippen MR) is 315 cm³/mol. The Hall–Kier alpha value is -11.0. The Kier molecular flexibility index (Phi) is 19.2. The van der Waals surface area contributed by atoms with E-state index in [2.05, 4.69) is 40.0 Å². The molecule has 0 aliphatic carbocycles. The van der Waals surface area contributed by atoms with Crippen LogP contribution in [0.5, 0.6) is 0 Å². The number of aryl methyl sites for hydroxylation is 7. The first-order chi connectivity index (χ1) is 40.8. The largest absolute Gasteiger partial charge is 0.461 e. The summed E-state index contributed by atoms with van der Waals surface area (Å²) in [5.41, 5.74) is 12.8. The lowest BCUT2D eigenvalue weighted by atomic mass is 9.98. The van der Waals surface area contributed by atoms with Crippen molar-refractivity contribution in [1.82, 2.24) is 30.8 Å². The molecule has 0 amide bonds. The van der Waals surface area contributed by atoms with Gasteiger partial charge in [-0.2, -0.15) is 0 Å². The first-order valence-corrected chi connectivity index (χ1v) is 26.7. The SMILES string of the molecule is CC(=O)c1ccc(C)cc1.CCOC(=O)c1nc(-c2ccc(C)cc2)c2nonc2c1-c1ccc(C)cc1.Cc1ccc(C(=O)c2no[n+]([O-])c2C(=O)c2ccc(C)cc2)cc1.Cc1ccc(C(=O)c2nonc2C(=O)c2ccc(C)cc2)cc1.